The molecule has 0 aliphatic carbocycles. The van der Waals surface area contributed by atoms with Crippen molar-refractivity contribution in [3.05, 3.63) is 18.3 Å². The van der Waals surface area contributed by atoms with Crippen molar-refractivity contribution in [2.75, 3.05) is 43.1 Å². The van der Waals surface area contributed by atoms with Gasteiger partial charge in [-0.2, -0.15) is 0 Å². The predicted molar refractivity (Wildman–Crippen MR) is 96.0 cm³/mol. The average molecular weight is 363 g/mol. The van der Waals surface area contributed by atoms with Crippen LogP contribution in [0.25, 0.3) is 0 Å². The van der Waals surface area contributed by atoms with Gasteiger partial charge in [0.05, 0.1) is 31.1 Å². The van der Waals surface area contributed by atoms with E-state index in [1.54, 1.807) is 6.20 Å². The molecule has 1 amide bonds. The van der Waals surface area contributed by atoms with Crippen molar-refractivity contribution in [2.24, 2.45) is 0 Å². The van der Waals surface area contributed by atoms with Crippen LogP contribution in [0.15, 0.2) is 18.3 Å². The van der Waals surface area contributed by atoms with Crippen molar-refractivity contribution in [3.63, 3.8) is 0 Å². The smallest absolute Gasteiger partial charge is 0.241 e. The molecule has 0 aromatic carbocycles. The summed E-state index contributed by atoms with van der Waals surface area (Å²) < 4.78 is 5.33. The average Bonchev–Trinajstić information content (AvgIpc) is 2.57. The van der Waals surface area contributed by atoms with Crippen molar-refractivity contribution in [1.29, 1.82) is 0 Å². The molecule has 23 heavy (non-hydrogen) atoms. The number of nitrogens with zero attached hydrogens (tertiary/aromatic N) is 2. The standard InChI is InChI=1S/C15H22N4O2.2ClH/c20-15(13-3-1-2-6-16-13)18-12-4-5-14(17-11-12)19-7-9-21-10-8-19;;/h4-5,11,13,16H,1-3,6-10H2,(H,18,20);2*1H. The molecule has 1 unspecified atom stereocenters. The number of rotatable bonds is 3. The van der Waals surface area contributed by atoms with Crippen molar-refractivity contribution in [2.45, 2.75) is 25.3 Å². The number of amides is 1. The molecule has 0 saturated carbocycles. The third-order valence-electron chi connectivity index (χ3n) is 3.98. The molecule has 2 saturated heterocycles. The fraction of sp³-hybridized carbons (Fsp3) is 0.600. The highest BCUT2D eigenvalue weighted by atomic mass is 35.5. The van der Waals surface area contributed by atoms with Gasteiger partial charge in [-0.05, 0) is 31.5 Å². The van der Waals surface area contributed by atoms with Gasteiger partial charge >= 0.3 is 0 Å². The third-order valence-corrected chi connectivity index (χ3v) is 3.98. The van der Waals surface area contributed by atoms with E-state index in [1.807, 2.05) is 12.1 Å². The highest BCUT2D eigenvalue weighted by Gasteiger charge is 2.20. The third kappa shape index (κ3) is 5.49. The fourth-order valence-electron chi connectivity index (χ4n) is 2.74. The summed E-state index contributed by atoms with van der Waals surface area (Å²) in [5.74, 6) is 0.975. The van der Waals surface area contributed by atoms with Crippen LogP contribution >= 0.6 is 24.8 Å². The summed E-state index contributed by atoms with van der Waals surface area (Å²) >= 11 is 0. The summed E-state index contributed by atoms with van der Waals surface area (Å²) in [4.78, 5) is 18.8. The lowest BCUT2D eigenvalue weighted by molar-refractivity contribution is -0.118. The first-order valence-corrected chi connectivity index (χ1v) is 7.66. The van der Waals surface area contributed by atoms with E-state index in [2.05, 4.69) is 20.5 Å². The molecule has 0 spiro atoms. The predicted octanol–water partition coefficient (Wildman–Crippen LogP) is 1.84. The second kappa shape index (κ2) is 9.93. The van der Waals surface area contributed by atoms with E-state index in [0.29, 0.717) is 0 Å². The van der Waals surface area contributed by atoms with Gasteiger partial charge in [0.25, 0.3) is 0 Å². The Morgan fingerprint density at radius 1 is 1.26 bits per heavy atom. The van der Waals surface area contributed by atoms with Gasteiger partial charge < -0.3 is 20.3 Å². The summed E-state index contributed by atoms with van der Waals surface area (Å²) in [6.45, 7) is 4.14. The number of anilines is 2. The first-order chi connectivity index (χ1) is 10.3. The van der Waals surface area contributed by atoms with Gasteiger partial charge in [0.15, 0.2) is 0 Å². The summed E-state index contributed by atoms with van der Waals surface area (Å²) in [6, 6.07) is 3.80. The Bertz CT molecular complexity index is 475. The zero-order chi connectivity index (χ0) is 14.5. The van der Waals surface area contributed by atoms with Crippen LogP contribution in [0, 0.1) is 0 Å². The Morgan fingerprint density at radius 2 is 2.04 bits per heavy atom. The van der Waals surface area contributed by atoms with Gasteiger partial charge in [-0.1, -0.05) is 6.42 Å². The van der Waals surface area contributed by atoms with E-state index in [0.717, 1.165) is 63.6 Å². The molecule has 1 aromatic heterocycles. The van der Waals surface area contributed by atoms with Crippen LogP contribution in [-0.2, 0) is 9.53 Å². The molecule has 3 rings (SSSR count). The SMILES string of the molecule is Cl.Cl.O=C(Nc1ccc(N2CCOCC2)nc1)C1CCCCN1. The molecule has 8 heteroatoms. The van der Waals surface area contributed by atoms with Crippen LogP contribution < -0.4 is 15.5 Å². The molecule has 6 nitrogen and oxygen atoms in total. The lowest BCUT2D eigenvalue weighted by Gasteiger charge is -2.27. The minimum atomic E-state index is -0.0716. The number of hydrogen-bond acceptors (Lipinski definition) is 5. The van der Waals surface area contributed by atoms with Gasteiger partial charge in [-0.15, -0.1) is 24.8 Å². The van der Waals surface area contributed by atoms with Gasteiger partial charge in [-0.25, -0.2) is 4.98 Å². The van der Waals surface area contributed by atoms with E-state index in [1.165, 1.54) is 0 Å². The number of morpholine rings is 1. The highest BCUT2D eigenvalue weighted by molar-refractivity contribution is 5.94. The van der Waals surface area contributed by atoms with Gasteiger partial charge in [-0.3, -0.25) is 4.79 Å². The Hall–Kier alpha value is -1.08. The number of piperidine rings is 1. The Labute approximate surface area is 149 Å². The molecule has 2 aliphatic heterocycles. The number of aromatic nitrogens is 1. The quantitative estimate of drug-likeness (QED) is 0.858. The van der Waals surface area contributed by atoms with Gasteiger partial charge in [0.1, 0.15) is 5.82 Å². The molecule has 1 atom stereocenters. The van der Waals surface area contributed by atoms with Crippen LogP contribution in [0.1, 0.15) is 19.3 Å². The van der Waals surface area contributed by atoms with Gasteiger partial charge in [0.2, 0.25) is 5.91 Å². The zero-order valence-corrected chi connectivity index (χ0v) is 14.6. The van der Waals surface area contributed by atoms with Crippen molar-refractivity contribution in [1.82, 2.24) is 10.3 Å². The number of nitrogens with one attached hydrogen (secondary N) is 2. The van der Waals surface area contributed by atoms with E-state index in [-0.39, 0.29) is 36.8 Å². The maximum atomic E-state index is 12.1. The van der Waals surface area contributed by atoms with E-state index in [9.17, 15) is 4.79 Å². The molecule has 0 bridgehead atoms. The molecule has 130 valence electrons. The maximum absolute atomic E-state index is 12.1. The molecule has 2 fully saturated rings. The zero-order valence-electron chi connectivity index (χ0n) is 13.0. The van der Waals surface area contributed by atoms with E-state index in [4.69, 9.17) is 4.74 Å². The summed E-state index contributed by atoms with van der Waals surface area (Å²) in [5, 5.41) is 6.18. The highest BCUT2D eigenvalue weighted by Crippen LogP contribution is 2.16. The molecule has 3 heterocycles. The minimum absolute atomic E-state index is 0. The lowest BCUT2D eigenvalue weighted by atomic mass is 10.0. The number of carbonyl (C=O) groups excluding carboxylic acids is 1. The maximum Gasteiger partial charge on any atom is 0.241 e. The minimum Gasteiger partial charge on any atom is -0.378 e. The van der Waals surface area contributed by atoms with Crippen LogP contribution in [0.2, 0.25) is 0 Å². The van der Waals surface area contributed by atoms with Gasteiger partial charge in [0, 0.05) is 13.1 Å². The largest absolute Gasteiger partial charge is 0.378 e. The summed E-state index contributed by atoms with van der Waals surface area (Å²) in [5.41, 5.74) is 0.754. The van der Waals surface area contributed by atoms with Crippen LogP contribution in [-0.4, -0.2) is 49.8 Å². The van der Waals surface area contributed by atoms with E-state index < -0.39 is 0 Å². The second-order valence-electron chi connectivity index (χ2n) is 5.50. The van der Waals surface area contributed by atoms with Crippen LogP contribution in [0.3, 0.4) is 0 Å². The summed E-state index contributed by atoms with van der Waals surface area (Å²) in [7, 11) is 0. The number of pyridine rings is 1. The summed E-state index contributed by atoms with van der Waals surface area (Å²) in [6.07, 6.45) is 4.90. The number of ether oxygens (including phenoxy) is 1. The van der Waals surface area contributed by atoms with Crippen LogP contribution in [0.5, 0.6) is 0 Å². The van der Waals surface area contributed by atoms with Crippen molar-refractivity contribution < 1.29 is 9.53 Å². The molecule has 0 radical (unpaired) electrons. The molecule has 2 aliphatic rings. The normalized spacial score (nSPS) is 20.9. The first-order valence-electron chi connectivity index (χ1n) is 7.66. The number of carbonyl (C=O) groups is 1. The Balaban J connectivity index is 0.00000132. The number of halogens is 2. The van der Waals surface area contributed by atoms with Crippen LogP contribution in [0.4, 0.5) is 11.5 Å². The Kier molecular flexibility index (Phi) is 8.62. The molecular weight excluding hydrogens is 339 g/mol. The second-order valence-corrected chi connectivity index (χ2v) is 5.50. The molecular formula is C15H24Cl2N4O2. The molecule has 2 N–H and O–H groups in total. The van der Waals surface area contributed by atoms with Crippen molar-refractivity contribution >= 4 is 42.2 Å². The van der Waals surface area contributed by atoms with Crippen molar-refractivity contribution in [3.8, 4) is 0 Å². The molecule has 1 aromatic rings. The topological polar surface area (TPSA) is 66.5 Å². The lowest BCUT2D eigenvalue weighted by Crippen LogP contribution is -2.43. The Morgan fingerprint density at radius 3 is 2.65 bits per heavy atom. The van der Waals surface area contributed by atoms with E-state index >= 15 is 0 Å². The number of hydrogen-bond donors (Lipinski definition) is 2. The monoisotopic (exact) mass is 362 g/mol. The fourth-order valence-corrected chi connectivity index (χ4v) is 2.74. The first kappa shape index (κ1) is 20.0.